The first-order chi connectivity index (χ1) is 13.9. The molecule has 2 aromatic rings. The minimum Gasteiger partial charge on any atom is -0.337 e. The third-order valence-corrected chi connectivity index (χ3v) is 7.27. The van der Waals surface area contributed by atoms with E-state index in [0.29, 0.717) is 37.0 Å². The van der Waals surface area contributed by atoms with Crippen molar-refractivity contribution in [3.63, 3.8) is 0 Å². The molecular formula is C22H27N3O3S. The number of carbonyl (C=O) groups is 1. The molecule has 0 bridgehead atoms. The number of hydrogen-bond acceptors (Lipinski definition) is 4. The van der Waals surface area contributed by atoms with Crippen LogP contribution >= 0.6 is 0 Å². The lowest BCUT2D eigenvalue weighted by Crippen LogP contribution is -2.50. The first-order valence-corrected chi connectivity index (χ1v) is 11.3. The molecule has 2 heterocycles. The van der Waals surface area contributed by atoms with Crippen molar-refractivity contribution in [3.8, 4) is 0 Å². The predicted octanol–water partition coefficient (Wildman–Crippen LogP) is 3.14. The van der Waals surface area contributed by atoms with Gasteiger partial charge < -0.3 is 4.90 Å². The smallest absolute Gasteiger partial charge is 0.246 e. The van der Waals surface area contributed by atoms with E-state index in [0.717, 1.165) is 17.5 Å². The Labute approximate surface area is 172 Å². The van der Waals surface area contributed by atoms with Gasteiger partial charge in [0.2, 0.25) is 15.9 Å². The predicted molar refractivity (Wildman–Crippen MR) is 114 cm³/mol. The Kier molecular flexibility index (Phi) is 6.82. The molecule has 0 spiro atoms. The topological polar surface area (TPSA) is 70.6 Å². The average Bonchev–Trinajstić information content (AvgIpc) is 2.77. The van der Waals surface area contributed by atoms with Crippen LogP contribution in [0.4, 0.5) is 0 Å². The summed E-state index contributed by atoms with van der Waals surface area (Å²) in [7, 11) is -3.55. The SMILES string of the molecule is CCC(C)c1ccc(S(=O)(=O)N2CCN(C(=O)/C=C/c3cccnc3)CC2)cc1. The number of amides is 1. The zero-order chi connectivity index (χ0) is 20.9. The molecule has 1 aliphatic heterocycles. The summed E-state index contributed by atoms with van der Waals surface area (Å²) in [5.74, 6) is 0.282. The zero-order valence-corrected chi connectivity index (χ0v) is 17.7. The quantitative estimate of drug-likeness (QED) is 0.682. The fraction of sp³-hybridized carbons (Fsp3) is 0.364. The molecule has 1 atom stereocenters. The van der Waals surface area contributed by atoms with E-state index >= 15 is 0 Å². The minimum absolute atomic E-state index is 0.121. The summed E-state index contributed by atoms with van der Waals surface area (Å²) in [6, 6.07) is 10.8. The van der Waals surface area contributed by atoms with E-state index in [4.69, 9.17) is 0 Å². The highest BCUT2D eigenvalue weighted by Crippen LogP contribution is 2.23. The molecule has 1 amide bonds. The lowest BCUT2D eigenvalue weighted by molar-refractivity contribution is -0.127. The molecule has 0 aliphatic carbocycles. The van der Waals surface area contributed by atoms with Crippen LogP contribution in [0, 0.1) is 0 Å². The van der Waals surface area contributed by atoms with Crippen LogP contribution in [0.5, 0.6) is 0 Å². The van der Waals surface area contributed by atoms with Gasteiger partial charge in [0, 0.05) is 44.6 Å². The number of nitrogens with zero attached hydrogens (tertiary/aromatic N) is 3. The standard InChI is InChI=1S/C22H27N3O3S/c1-3-18(2)20-7-9-21(10-8-20)29(27,28)25-15-13-24(14-16-25)22(26)11-6-19-5-4-12-23-17-19/h4-12,17-18H,3,13-16H2,1-2H3/b11-6+. The van der Waals surface area contributed by atoms with Gasteiger partial charge in [-0.3, -0.25) is 9.78 Å². The van der Waals surface area contributed by atoms with Crippen LogP contribution in [0.3, 0.4) is 0 Å². The fourth-order valence-corrected chi connectivity index (χ4v) is 4.67. The first kappa shape index (κ1) is 21.2. The number of carbonyl (C=O) groups excluding carboxylic acids is 1. The summed E-state index contributed by atoms with van der Waals surface area (Å²) < 4.78 is 27.3. The molecule has 0 N–H and O–H groups in total. The van der Waals surface area contributed by atoms with Crippen LogP contribution in [0.2, 0.25) is 0 Å². The second-order valence-corrected chi connectivity index (χ2v) is 9.17. The van der Waals surface area contributed by atoms with Gasteiger partial charge in [0.15, 0.2) is 0 Å². The van der Waals surface area contributed by atoms with E-state index in [-0.39, 0.29) is 5.91 Å². The van der Waals surface area contributed by atoms with Crippen molar-refractivity contribution in [2.75, 3.05) is 26.2 Å². The summed E-state index contributed by atoms with van der Waals surface area (Å²) in [4.78, 5) is 18.4. The Morgan fingerprint density at radius 1 is 1.14 bits per heavy atom. The molecule has 1 fully saturated rings. The van der Waals surface area contributed by atoms with E-state index in [2.05, 4.69) is 18.8 Å². The molecule has 1 aromatic carbocycles. The molecule has 1 aliphatic rings. The van der Waals surface area contributed by atoms with Crippen LogP contribution in [0.1, 0.15) is 37.3 Å². The van der Waals surface area contributed by atoms with E-state index in [1.165, 1.54) is 10.4 Å². The summed E-state index contributed by atoms with van der Waals surface area (Å²) in [5, 5.41) is 0. The maximum Gasteiger partial charge on any atom is 0.246 e. The number of pyridine rings is 1. The normalized spacial score (nSPS) is 16.8. The molecule has 29 heavy (non-hydrogen) atoms. The Morgan fingerprint density at radius 2 is 1.83 bits per heavy atom. The van der Waals surface area contributed by atoms with Gasteiger partial charge in [-0.25, -0.2) is 8.42 Å². The van der Waals surface area contributed by atoms with Crippen molar-refractivity contribution in [2.45, 2.75) is 31.1 Å². The maximum absolute atomic E-state index is 12.9. The number of sulfonamides is 1. The summed E-state index contributed by atoms with van der Waals surface area (Å²) in [6.45, 7) is 5.58. The molecular weight excluding hydrogens is 386 g/mol. The Bertz CT molecular complexity index is 949. The number of piperazine rings is 1. The fourth-order valence-electron chi connectivity index (χ4n) is 3.25. The van der Waals surface area contributed by atoms with Crippen LogP contribution in [-0.2, 0) is 14.8 Å². The number of aromatic nitrogens is 1. The molecule has 0 saturated carbocycles. The van der Waals surface area contributed by atoms with Gasteiger partial charge in [0.05, 0.1) is 4.90 Å². The van der Waals surface area contributed by atoms with Gasteiger partial charge in [-0.05, 0) is 47.7 Å². The zero-order valence-electron chi connectivity index (χ0n) is 16.9. The van der Waals surface area contributed by atoms with Crippen molar-refractivity contribution < 1.29 is 13.2 Å². The van der Waals surface area contributed by atoms with E-state index < -0.39 is 10.0 Å². The summed E-state index contributed by atoms with van der Waals surface area (Å²) >= 11 is 0. The summed E-state index contributed by atoms with van der Waals surface area (Å²) in [5.41, 5.74) is 1.99. The molecule has 3 rings (SSSR count). The molecule has 1 unspecified atom stereocenters. The largest absolute Gasteiger partial charge is 0.337 e. The lowest BCUT2D eigenvalue weighted by Gasteiger charge is -2.33. The van der Waals surface area contributed by atoms with Crippen molar-refractivity contribution >= 4 is 22.0 Å². The molecule has 6 nitrogen and oxygen atoms in total. The highest BCUT2D eigenvalue weighted by Gasteiger charge is 2.29. The third-order valence-electron chi connectivity index (χ3n) is 5.35. The van der Waals surface area contributed by atoms with E-state index in [9.17, 15) is 13.2 Å². The second-order valence-electron chi connectivity index (χ2n) is 7.23. The van der Waals surface area contributed by atoms with Crippen molar-refractivity contribution in [2.24, 2.45) is 0 Å². The highest BCUT2D eigenvalue weighted by molar-refractivity contribution is 7.89. The molecule has 7 heteroatoms. The van der Waals surface area contributed by atoms with Crippen molar-refractivity contribution in [3.05, 3.63) is 66.0 Å². The van der Waals surface area contributed by atoms with Crippen molar-refractivity contribution in [1.29, 1.82) is 0 Å². The third kappa shape index (κ3) is 5.10. The average molecular weight is 414 g/mol. The maximum atomic E-state index is 12.9. The Hall–Kier alpha value is -2.51. The van der Waals surface area contributed by atoms with Gasteiger partial charge >= 0.3 is 0 Å². The van der Waals surface area contributed by atoms with Crippen LogP contribution in [-0.4, -0.2) is 54.7 Å². The Morgan fingerprint density at radius 3 is 2.41 bits per heavy atom. The summed E-state index contributed by atoms with van der Waals surface area (Å²) in [6.07, 6.45) is 7.60. The van der Waals surface area contributed by atoms with Gasteiger partial charge in [-0.1, -0.05) is 32.0 Å². The van der Waals surface area contributed by atoms with E-state index in [1.54, 1.807) is 35.5 Å². The van der Waals surface area contributed by atoms with Crippen LogP contribution in [0.15, 0.2) is 59.8 Å². The molecule has 1 saturated heterocycles. The molecule has 0 radical (unpaired) electrons. The monoisotopic (exact) mass is 413 g/mol. The van der Waals surface area contributed by atoms with Gasteiger partial charge in [-0.15, -0.1) is 0 Å². The number of hydrogen-bond donors (Lipinski definition) is 0. The number of benzene rings is 1. The molecule has 154 valence electrons. The van der Waals surface area contributed by atoms with Gasteiger partial charge in [-0.2, -0.15) is 4.31 Å². The van der Waals surface area contributed by atoms with E-state index in [1.807, 2.05) is 24.3 Å². The van der Waals surface area contributed by atoms with Crippen LogP contribution in [0.25, 0.3) is 6.08 Å². The number of rotatable bonds is 6. The van der Waals surface area contributed by atoms with Gasteiger partial charge in [0.25, 0.3) is 0 Å². The minimum atomic E-state index is -3.55. The van der Waals surface area contributed by atoms with Crippen molar-refractivity contribution in [1.82, 2.24) is 14.2 Å². The van der Waals surface area contributed by atoms with Gasteiger partial charge in [0.1, 0.15) is 0 Å². The highest BCUT2D eigenvalue weighted by atomic mass is 32.2. The lowest BCUT2D eigenvalue weighted by atomic mass is 9.99. The second kappa shape index (κ2) is 9.33. The van der Waals surface area contributed by atoms with Crippen LogP contribution < -0.4 is 0 Å². The first-order valence-electron chi connectivity index (χ1n) is 9.89. The Balaban J connectivity index is 1.60. The molecule has 1 aromatic heterocycles.